The van der Waals surface area contributed by atoms with Crippen LogP contribution in [0.3, 0.4) is 0 Å². The molecule has 2 nitrogen and oxygen atoms in total. The lowest BCUT2D eigenvalue weighted by Crippen LogP contribution is -2.28. The molecule has 100 valence electrons. The van der Waals surface area contributed by atoms with Crippen molar-refractivity contribution in [2.24, 2.45) is 5.84 Å². The van der Waals surface area contributed by atoms with Crippen LogP contribution in [-0.2, 0) is 6.42 Å². The van der Waals surface area contributed by atoms with E-state index in [0.717, 1.165) is 17.9 Å². The molecule has 1 atom stereocenters. The zero-order chi connectivity index (χ0) is 13.7. The van der Waals surface area contributed by atoms with Crippen LogP contribution in [0.25, 0.3) is 0 Å². The predicted octanol–water partition coefficient (Wildman–Crippen LogP) is 3.79. The van der Waals surface area contributed by atoms with Gasteiger partial charge in [0.05, 0.1) is 0 Å². The van der Waals surface area contributed by atoms with Gasteiger partial charge in [0.2, 0.25) is 0 Å². The summed E-state index contributed by atoms with van der Waals surface area (Å²) in [6, 6.07) is 16.6. The van der Waals surface area contributed by atoms with Crippen molar-refractivity contribution in [2.45, 2.75) is 25.8 Å². The molecular weight excluding hydrogens is 256 g/mol. The molecule has 2 rings (SSSR count). The van der Waals surface area contributed by atoms with Crippen molar-refractivity contribution in [3.63, 3.8) is 0 Å². The molecule has 0 fully saturated rings. The van der Waals surface area contributed by atoms with Gasteiger partial charge < -0.3 is 0 Å². The molecule has 2 aromatic rings. The summed E-state index contributed by atoms with van der Waals surface area (Å²) in [5, 5.41) is 0.748. The lowest BCUT2D eigenvalue weighted by atomic mass is 9.99. The van der Waals surface area contributed by atoms with Crippen LogP contribution in [0.5, 0.6) is 0 Å². The Balaban J connectivity index is 1.99. The molecule has 19 heavy (non-hydrogen) atoms. The number of benzene rings is 2. The van der Waals surface area contributed by atoms with Crippen LogP contribution < -0.4 is 11.3 Å². The molecular formula is C16H19ClN2. The van der Waals surface area contributed by atoms with Gasteiger partial charge >= 0.3 is 0 Å². The van der Waals surface area contributed by atoms with Crippen molar-refractivity contribution in [1.82, 2.24) is 5.43 Å². The summed E-state index contributed by atoms with van der Waals surface area (Å²) in [5.41, 5.74) is 6.66. The summed E-state index contributed by atoms with van der Waals surface area (Å²) in [4.78, 5) is 0. The van der Waals surface area contributed by atoms with Crippen molar-refractivity contribution in [3.05, 3.63) is 70.2 Å². The molecule has 0 amide bonds. The van der Waals surface area contributed by atoms with Gasteiger partial charge in [0.25, 0.3) is 0 Å². The fourth-order valence-corrected chi connectivity index (χ4v) is 2.23. The molecule has 0 aliphatic rings. The lowest BCUT2D eigenvalue weighted by Gasteiger charge is -2.16. The fraction of sp³-hybridized carbons (Fsp3) is 0.250. The fourth-order valence-electron chi connectivity index (χ4n) is 2.11. The number of hydrogen-bond acceptors (Lipinski definition) is 2. The van der Waals surface area contributed by atoms with Gasteiger partial charge in [0.15, 0.2) is 0 Å². The largest absolute Gasteiger partial charge is 0.271 e. The van der Waals surface area contributed by atoms with Gasteiger partial charge in [0, 0.05) is 11.1 Å². The molecule has 0 radical (unpaired) electrons. The highest BCUT2D eigenvalue weighted by Crippen LogP contribution is 2.20. The van der Waals surface area contributed by atoms with Crippen LogP contribution in [0.4, 0.5) is 0 Å². The van der Waals surface area contributed by atoms with Gasteiger partial charge in [-0.1, -0.05) is 53.6 Å². The minimum atomic E-state index is 0.151. The summed E-state index contributed by atoms with van der Waals surface area (Å²) < 4.78 is 0. The molecule has 0 bridgehead atoms. The Morgan fingerprint density at radius 3 is 2.26 bits per heavy atom. The first kappa shape index (κ1) is 14.1. The highest BCUT2D eigenvalue weighted by Gasteiger charge is 2.09. The molecule has 0 saturated carbocycles. The molecule has 0 aliphatic carbocycles. The van der Waals surface area contributed by atoms with E-state index in [2.05, 4.69) is 36.6 Å². The number of halogens is 1. The monoisotopic (exact) mass is 274 g/mol. The molecule has 0 spiro atoms. The zero-order valence-corrected chi connectivity index (χ0v) is 11.8. The van der Waals surface area contributed by atoms with Crippen molar-refractivity contribution >= 4 is 11.6 Å². The number of nitrogens with two attached hydrogens (primary N) is 1. The summed E-state index contributed by atoms with van der Waals surface area (Å²) in [7, 11) is 0. The summed E-state index contributed by atoms with van der Waals surface area (Å²) in [6.45, 7) is 2.10. The normalized spacial score (nSPS) is 12.4. The van der Waals surface area contributed by atoms with Crippen LogP contribution in [0.2, 0.25) is 5.02 Å². The predicted molar refractivity (Wildman–Crippen MR) is 81.0 cm³/mol. The number of nitrogens with one attached hydrogen (secondary N) is 1. The average molecular weight is 275 g/mol. The smallest absolute Gasteiger partial charge is 0.0463 e. The molecule has 0 heterocycles. The first-order valence-electron chi connectivity index (χ1n) is 6.46. The van der Waals surface area contributed by atoms with Crippen molar-refractivity contribution in [2.75, 3.05) is 0 Å². The molecule has 3 N–H and O–H groups in total. The Labute approximate surface area is 119 Å². The van der Waals surface area contributed by atoms with E-state index >= 15 is 0 Å². The Hall–Kier alpha value is -1.35. The van der Waals surface area contributed by atoms with E-state index in [4.69, 9.17) is 17.4 Å². The number of aryl methyl sites for hydroxylation is 2. The lowest BCUT2D eigenvalue weighted by molar-refractivity contribution is 0.516. The molecule has 0 saturated heterocycles. The van der Waals surface area contributed by atoms with E-state index in [0.29, 0.717) is 0 Å². The quantitative estimate of drug-likeness (QED) is 0.643. The van der Waals surface area contributed by atoms with E-state index in [1.54, 1.807) is 0 Å². The van der Waals surface area contributed by atoms with Gasteiger partial charge in [-0.25, -0.2) is 0 Å². The topological polar surface area (TPSA) is 38.0 Å². The Kier molecular flexibility index (Phi) is 4.97. The van der Waals surface area contributed by atoms with E-state index < -0.39 is 0 Å². The van der Waals surface area contributed by atoms with Crippen LogP contribution in [0.1, 0.15) is 29.2 Å². The second-order valence-electron chi connectivity index (χ2n) is 4.80. The van der Waals surface area contributed by atoms with Crippen molar-refractivity contribution in [1.29, 1.82) is 0 Å². The van der Waals surface area contributed by atoms with Crippen LogP contribution >= 0.6 is 11.6 Å². The van der Waals surface area contributed by atoms with Gasteiger partial charge in [-0.3, -0.25) is 11.3 Å². The summed E-state index contributed by atoms with van der Waals surface area (Å²) in [6.07, 6.45) is 1.96. The van der Waals surface area contributed by atoms with Crippen LogP contribution in [0.15, 0.2) is 48.5 Å². The molecule has 0 aliphatic heterocycles. The number of hydrogen-bond donors (Lipinski definition) is 2. The van der Waals surface area contributed by atoms with E-state index in [9.17, 15) is 0 Å². The molecule has 3 heteroatoms. The third kappa shape index (κ3) is 4.06. The van der Waals surface area contributed by atoms with Crippen molar-refractivity contribution < 1.29 is 0 Å². The first-order valence-corrected chi connectivity index (χ1v) is 6.84. The second kappa shape index (κ2) is 6.71. The number of hydrazine groups is 1. The van der Waals surface area contributed by atoms with Gasteiger partial charge in [-0.15, -0.1) is 0 Å². The highest BCUT2D eigenvalue weighted by atomic mass is 35.5. The maximum atomic E-state index is 5.90. The average Bonchev–Trinajstić information content (AvgIpc) is 2.43. The SMILES string of the molecule is Cc1ccc(CCC(NN)c2ccc(Cl)cc2)cc1. The summed E-state index contributed by atoms with van der Waals surface area (Å²) in [5.74, 6) is 5.65. The second-order valence-corrected chi connectivity index (χ2v) is 5.23. The Bertz CT molecular complexity index is 505. The van der Waals surface area contributed by atoms with Gasteiger partial charge in [-0.05, 0) is 43.0 Å². The molecule has 0 aromatic heterocycles. The van der Waals surface area contributed by atoms with E-state index in [-0.39, 0.29) is 6.04 Å². The third-order valence-electron chi connectivity index (χ3n) is 3.32. The third-order valence-corrected chi connectivity index (χ3v) is 3.57. The summed E-state index contributed by atoms with van der Waals surface area (Å²) >= 11 is 5.90. The molecule has 1 unspecified atom stereocenters. The maximum Gasteiger partial charge on any atom is 0.0463 e. The van der Waals surface area contributed by atoms with Crippen LogP contribution in [0, 0.1) is 6.92 Å². The van der Waals surface area contributed by atoms with Crippen LogP contribution in [-0.4, -0.2) is 0 Å². The first-order chi connectivity index (χ1) is 9.19. The van der Waals surface area contributed by atoms with E-state index in [1.807, 2.05) is 24.3 Å². The van der Waals surface area contributed by atoms with E-state index in [1.165, 1.54) is 16.7 Å². The highest BCUT2D eigenvalue weighted by molar-refractivity contribution is 6.30. The maximum absolute atomic E-state index is 5.90. The molecule has 2 aromatic carbocycles. The zero-order valence-electron chi connectivity index (χ0n) is 11.1. The van der Waals surface area contributed by atoms with Gasteiger partial charge in [-0.2, -0.15) is 0 Å². The Morgan fingerprint density at radius 2 is 1.68 bits per heavy atom. The van der Waals surface area contributed by atoms with Gasteiger partial charge in [0.1, 0.15) is 0 Å². The minimum absolute atomic E-state index is 0.151. The Morgan fingerprint density at radius 1 is 1.05 bits per heavy atom. The van der Waals surface area contributed by atoms with Crippen molar-refractivity contribution in [3.8, 4) is 0 Å². The standard InChI is InChI=1S/C16H19ClN2/c1-12-2-4-13(5-3-12)6-11-16(19-18)14-7-9-15(17)10-8-14/h2-5,7-10,16,19H,6,11,18H2,1H3. The number of rotatable bonds is 5. The minimum Gasteiger partial charge on any atom is -0.271 e.